The molecule has 0 saturated heterocycles. The van der Waals surface area contributed by atoms with Crippen LogP contribution in [0.1, 0.15) is 0 Å². The number of benzene rings is 4. The van der Waals surface area contributed by atoms with Gasteiger partial charge in [0.05, 0.1) is 0 Å². The van der Waals surface area contributed by atoms with Crippen molar-refractivity contribution in [3.63, 3.8) is 0 Å². The molecule has 0 aliphatic rings. The summed E-state index contributed by atoms with van der Waals surface area (Å²) < 4.78 is 6.22. The molecule has 0 aliphatic carbocycles. The molecule has 4 aromatic carbocycles. The van der Waals surface area contributed by atoms with E-state index in [9.17, 15) is 0 Å². The molecule has 0 unspecified atom stereocenters. The fraction of sp³-hybridized carbons (Fsp3) is 0. The molecule has 0 N–H and O–H groups in total. The largest absolute Gasteiger partial charge is 0.456 e. The predicted octanol–water partition coefficient (Wildman–Crippen LogP) is 7.43. The van der Waals surface area contributed by atoms with Crippen LogP contribution in [-0.2, 0) is 0 Å². The van der Waals surface area contributed by atoms with Crippen molar-refractivity contribution in [2.45, 2.75) is 0 Å². The van der Waals surface area contributed by atoms with Gasteiger partial charge in [0.15, 0.2) is 11.6 Å². The Bertz CT molecular complexity index is 1580. The molecule has 0 amide bonds. The molecule has 0 bridgehead atoms. The van der Waals surface area contributed by atoms with Crippen LogP contribution in [0.5, 0.6) is 0 Å². The van der Waals surface area contributed by atoms with Crippen LogP contribution >= 0.6 is 11.6 Å². The summed E-state index contributed by atoms with van der Waals surface area (Å²) in [4.78, 5) is 13.7. The lowest BCUT2D eigenvalue weighted by atomic mass is 9.98. The molecule has 5 heteroatoms. The van der Waals surface area contributed by atoms with Crippen molar-refractivity contribution in [2.24, 2.45) is 0 Å². The van der Waals surface area contributed by atoms with E-state index in [1.165, 1.54) is 0 Å². The van der Waals surface area contributed by atoms with Gasteiger partial charge in [-0.05, 0) is 40.9 Å². The van der Waals surface area contributed by atoms with Gasteiger partial charge >= 0.3 is 0 Å². The molecule has 2 aromatic heterocycles. The first kappa shape index (κ1) is 18.7. The zero-order chi connectivity index (χ0) is 21.5. The lowest BCUT2D eigenvalue weighted by Crippen LogP contribution is -1.98. The van der Waals surface area contributed by atoms with Crippen molar-refractivity contribution in [1.29, 1.82) is 0 Å². The average Bonchev–Trinajstić information content (AvgIpc) is 3.23. The Kier molecular flexibility index (Phi) is 4.44. The van der Waals surface area contributed by atoms with Crippen LogP contribution in [0.15, 0.2) is 101 Å². The summed E-state index contributed by atoms with van der Waals surface area (Å²) in [6.07, 6.45) is 0. The minimum absolute atomic E-state index is 0.153. The highest BCUT2D eigenvalue weighted by Crippen LogP contribution is 2.39. The number of hydrogen-bond acceptors (Lipinski definition) is 4. The molecule has 0 atom stereocenters. The van der Waals surface area contributed by atoms with Crippen LogP contribution in [0.25, 0.3) is 55.8 Å². The zero-order valence-corrected chi connectivity index (χ0v) is 17.6. The number of aromatic nitrogens is 3. The molecule has 0 fully saturated rings. The van der Waals surface area contributed by atoms with E-state index in [4.69, 9.17) is 21.0 Å². The van der Waals surface area contributed by atoms with Gasteiger partial charge in [0.2, 0.25) is 5.28 Å². The lowest BCUT2D eigenvalue weighted by Gasteiger charge is -2.09. The molecule has 152 valence electrons. The van der Waals surface area contributed by atoms with E-state index in [0.717, 1.165) is 44.2 Å². The Hall–Kier alpha value is -4.02. The average molecular weight is 434 g/mol. The van der Waals surface area contributed by atoms with Gasteiger partial charge in [0.25, 0.3) is 0 Å². The molecule has 4 nitrogen and oxygen atoms in total. The quantitative estimate of drug-likeness (QED) is 0.291. The Morgan fingerprint density at radius 1 is 0.562 bits per heavy atom. The van der Waals surface area contributed by atoms with Crippen molar-refractivity contribution < 1.29 is 4.42 Å². The van der Waals surface area contributed by atoms with E-state index in [0.29, 0.717) is 11.6 Å². The van der Waals surface area contributed by atoms with Gasteiger partial charge in [-0.2, -0.15) is 9.97 Å². The van der Waals surface area contributed by atoms with Gasteiger partial charge in [0.1, 0.15) is 11.2 Å². The Labute approximate surface area is 189 Å². The topological polar surface area (TPSA) is 51.8 Å². The lowest BCUT2D eigenvalue weighted by molar-refractivity contribution is 0.669. The summed E-state index contributed by atoms with van der Waals surface area (Å²) in [6, 6.07) is 32.1. The Morgan fingerprint density at radius 2 is 1.22 bits per heavy atom. The molecular weight excluding hydrogens is 418 g/mol. The number of hydrogen-bond donors (Lipinski definition) is 0. The van der Waals surface area contributed by atoms with Crippen molar-refractivity contribution in [3.8, 4) is 33.9 Å². The first-order valence-corrected chi connectivity index (χ1v) is 10.6. The van der Waals surface area contributed by atoms with Gasteiger partial charge in [-0.15, -0.1) is 0 Å². The highest BCUT2D eigenvalue weighted by Gasteiger charge is 2.18. The van der Waals surface area contributed by atoms with Crippen LogP contribution < -0.4 is 0 Å². The summed E-state index contributed by atoms with van der Waals surface area (Å²) in [7, 11) is 0. The molecule has 0 saturated carbocycles. The van der Waals surface area contributed by atoms with Crippen LogP contribution in [0.4, 0.5) is 0 Å². The minimum atomic E-state index is 0.153. The predicted molar refractivity (Wildman–Crippen MR) is 128 cm³/mol. The first-order chi connectivity index (χ1) is 15.8. The van der Waals surface area contributed by atoms with Crippen LogP contribution in [0, 0.1) is 0 Å². The van der Waals surface area contributed by atoms with Crippen molar-refractivity contribution >= 4 is 33.5 Å². The van der Waals surface area contributed by atoms with Crippen molar-refractivity contribution in [1.82, 2.24) is 15.0 Å². The van der Waals surface area contributed by atoms with E-state index >= 15 is 0 Å². The molecule has 0 aliphatic heterocycles. The van der Waals surface area contributed by atoms with Crippen molar-refractivity contribution in [3.05, 3.63) is 102 Å². The van der Waals surface area contributed by atoms with Gasteiger partial charge in [0, 0.05) is 21.9 Å². The summed E-state index contributed by atoms with van der Waals surface area (Å²) in [5, 5.41) is 2.12. The summed E-state index contributed by atoms with van der Waals surface area (Å²) in [5.74, 6) is 1.05. The van der Waals surface area contributed by atoms with Gasteiger partial charge in [-0.1, -0.05) is 78.9 Å². The molecular formula is C27H16ClN3O. The second-order valence-corrected chi connectivity index (χ2v) is 7.82. The van der Waals surface area contributed by atoms with E-state index in [1.54, 1.807) is 0 Å². The maximum atomic E-state index is 6.36. The number of rotatable bonds is 3. The molecule has 0 spiro atoms. The third kappa shape index (κ3) is 3.22. The number of furan rings is 1. The second-order valence-electron chi connectivity index (χ2n) is 7.48. The highest BCUT2D eigenvalue weighted by atomic mass is 35.5. The maximum absolute atomic E-state index is 6.36. The van der Waals surface area contributed by atoms with E-state index in [-0.39, 0.29) is 5.28 Å². The summed E-state index contributed by atoms with van der Waals surface area (Å²) in [6.45, 7) is 0. The molecule has 6 aromatic rings. The number of para-hydroxylation sites is 1. The number of fused-ring (bicyclic) bond motifs is 3. The van der Waals surface area contributed by atoms with E-state index in [2.05, 4.69) is 34.2 Å². The number of nitrogens with zero attached hydrogens (tertiary/aromatic N) is 3. The normalized spacial score (nSPS) is 11.3. The van der Waals surface area contributed by atoms with E-state index < -0.39 is 0 Å². The van der Waals surface area contributed by atoms with Crippen LogP contribution in [0.2, 0.25) is 5.28 Å². The SMILES string of the molecule is Clc1nc(-c2ccccc2)nc(-c2cc(-c3ccccc3)cc3oc4ccccc4c23)n1. The summed E-state index contributed by atoms with van der Waals surface area (Å²) in [5.41, 5.74) is 5.43. The molecule has 32 heavy (non-hydrogen) atoms. The highest BCUT2D eigenvalue weighted by molar-refractivity contribution is 6.28. The second kappa shape index (κ2) is 7.59. The van der Waals surface area contributed by atoms with Gasteiger partial charge in [-0.3, -0.25) is 0 Å². The third-order valence-electron chi connectivity index (χ3n) is 5.47. The van der Waals surface area contributed by atoms with Gasteiger partial charge < -0.3 is 4.42 Å². The van der Waals surface area contributed by atoms with Gasteiger partial charge in [-0.25, -0.2) is 4.98 Å². The van der Waals surface area contributed by atoms with Crippen LogP contribution in [0.3, 0.4) is 0 Å². The Balaban J connectivity index is 1.67. The van der Waals surface area contributed by atoms with E-state index in [1.807, 2.05) is 72.8 Å². The molecule has 6 rings (SSSR count). The molecule has 2 heterocycles. The summed E-state index contributed by atoms with van der Waals surface area (Å²) >= 11 is 6.36. The third-order valence-corrected chi connectivity index (χ3v) is 5.64. The zero-order valence-electron chi connectivity index (χ0n) is 16.9. The Morgan fingerprint density at radius 3 is 2.00 bits per heavy atom. The number of halogens is 1. The minimum Gasteiger partial charge on any atom is -0.456 e. The standard InChI is InChI=1S/C27H16ClN3O/c28-27-30-25(18-11-5-2-6-12-18)29-26(31-27)21-15-19(17-9-3-1-4-10-17)16-23-24(21)20-13-7-8-14-22(20)32-23/h1-16H. The fourth-order valence-electron chi connectivity index (χ4n) is 4.01. The fourth-order valence-corrected chi connectivity index (χ4v) is 4.18. The van der Waals surface area contributed by atoms with Crippen molar-refractivity contribution in [2.75, 3.05) is 0 Å². The maximum Gasteiger partial charge on any atom is 0.226 e. The smallest absolute Gasteiger partial charge is 0.226 e. The molecule has 0 radical (unpaired) electrons. The monoisotopic (exact) mass is 433 g/mol. The first-order valence-electron chi connectivity index (χ1n) is 10.2. The van der Waals surface area contributed by atoms with Crippen LogP contribution in [-0.4, -0.2) is 15.0 Å².